The number of imidazole rings is 1. The van der Waals surface area contributed by atoms with Gasteiger partial charge >= 0.3 is 5.97 Å². The van der Waals surface area contributed by atoms with E-state index in [4.69, 9.17) is 0 Å². The van der Waals surface area contributed by atoms with Crippen molar-refractivity contribution < 1.29 is 14.7 Å². The van der Waals surface area contributed by atoms with Crippen LogP contribution in [0.1, 0.15) is 73.6 Å². The van der Waals surface area contributed by atoms with Crippen LogP contribution in [0.5, 0.6) is 0 Å². The van der Waals surface area contributed by atoms with Crippen molar-refractivity contribution in [2.24, 2.45) is 24.3 Å². The molecule has 0 atom stereocenters. The molecule has 3 rings (SSSR count). The van der Waals surface area contributed by atoms with Gasteiger partial charge in [0.15, 0.2) is 0 Å². The molecule has 1 amide bonds. The summed E-state index contributed by atoms with van der Waals surface area (Å²) in [6.07, 6.45) is 7.13. The van der Waals surface area contributed by atoms with Crippen molar-refractivity contribution in [3.8, 4) is 11.8 Å². The highest BCUT2D eigenvalue weighted by atomic mass is 32.1. The van der Waals surface area contributed by atoms with E-state index in [-0.39, 0.29) is 28.7 Å². The molecular weight excluding hydrogens is 410 g/mol. The number of hydrogen-bond acceptors (Lipinski definition) is 4. The molecule has 1 saturated carbocycles. The van der Waals surface area contributed by atoms with Gasteiger partial charge in [-0.25, -0.2) is 9.78 Å². The summed E-state index contributed by atoms with van der Waals surface area (Å²) in [7, 11) is 1.87. The molecule has 1 N–H and O–H groups in total. The van der Waals surface area contributed by atoms with Crippen LogP contribution < -0.4 is 4.90 Å². The molecule has 31 heavy (non-hydrogen) atoms. The molecule has 1 aliphatic carbocycles. The van der Waals surface area contributed by atoms with Gasteiger partial charge in [-0.15, -0.1) is 11.3 Å². The van der Waals surface area contributed by atoms with Gasteiger partial charge in [-0.3, -0.25) is 4.79 Å². The van der Waals surface area contributed by atoms with E-state index >= 15 is 0 Å². The van der Waals surface area contributed by atoms with Crippen LogP contribution in [-0.4, -0.2) is 26.5 Å². The minimum atomic E-state index is -1.04. The molecule has 0 aromatic carbocycles. The number of aromatic nitrogens is 2. The van der Waals surface area contributed by atoms with Gasteiger partial charge in [0.2, 0.25) is 5.91 Å². The van der Waals surface area contributed by atoms with Gasteiger partial charge in [0.05, 0.1) is 29.1 Å². The predicted octanol–water partition coefficient (Wildman–Crippen LogP) is 4.94. The van der Waals surface area contributed by atoms with Crippen LogP contribution in [0.25, 0.3) is 0 Å². The van der Waals surface area contributed by atoms with Crippen LogP contribution >= 0.6 is 11.3 Å². The maximum atomic E-state index is 13.6. The summed E-state index contributed by atoms with van der Waals surface area (Å²) in [6, 6.07) is 1.76. The number of aromatic carboxylic acids is 1. The van der Waals surface area contributed by atoms with Crippen LogP contribution in [0, 0.1) is 29.1 Å². The summed E-state index contributed by atoms with van der Waals surface area (Å²) in [5.41, 5.74) is 1.08. The molecule has 2 aromatic rings. The van der Waals surface area contributed by atoms with E-state index in [1.807, 2.05) is 32.4 Å². The number of hydrogen-bond donors (Lipinski definition) is 1. The summed E-state index contributed by atoms with van der Waals surface area (Å²) in [5, 5.41) is 9.87. The summed E-state index contributed by atoms with van der Waals surface area (Å²) >= 11 is 1.13. The van der Waals surface area contributed by atoms with Crippen molar-refractivity contribution in [2.45, 2.75) is 59.9 Å². The smallest absolute Gasteiger partial charge is 0.348 e. The van der Waals surface area contributed by atoms with Crippen molar-refractivity contribution >= 4 is 28.9 Å². The maximum Gasteiger partial charge on any atom is 0.348 e. The largest absolute Gasteiger partial charge is 0.477 e. The van der Waals surface area contributed by atoms with Crippen LogP contribution in [0.2, 0.25) is 0 Å². The Balaban J connectivity index is 2.02. The zero-order valence-corrected chi connectivity index (χ0v) is 19.8. The molecule has 0 aliphatic heterocycles. The highest BCUT2D eigenvalue weighted by Crippen LogP contribution is 2.36. The molecular formula is C24H31N3O3S. The van der Waals surface area contributed by atoms with Crippen molar-refractivity contribution in [3.63, 3.8) is 0 Å². The monoisotopic (exact) mass is 441 g/mol. The SMILES string of the molecule is CC1CCC(C(=O)N(Cc2cncn2C)c2cc(C#CC(C)(C)C)sc2C(=O)O)CC1. The highest BCUT2D eigenvalue weighted by molar-refractivity contribution is 7.15. The minimum absolute atomic E-state index is 0.0104. The fraction of sp³-hybridized carbons (Fsp3) is 0.542. The number of thiophene rings is 1. The number of nitrogens with zero attached hydrogens (tertiary/aromatic N) is 3. The van der Waals surface area contributed by atoms with Gasteiger partial charge in [0, 0.05) is 24.6 Å². The fourth-order valence-electron chi connectivity index (χ4n) is 3.75. The topological polar surface area (TPSA) is 75.4 Å². The average molecular weight is 442 g/mol. The Bertz CT molecular complexity index is 1010. The zero-order chi connectivity index (χ0) is 22.8. The Morgan fingerprint density at radius 2 is 1.97 bits per heavy atom. The molecule has 2 heterocycles. The number of rotatable bonds is 5. The third kappa shape index (κ3) is 5.76. The molecule has 0 spiro atoms. The first kappa shape index (κ1) is 23.1. The quantitative estimate of drug-likeness (QED) is 0.667. The summed E-state index contributed by atoms with van der Waals surface area (Å²) in [6.45, 7) is 8.53. The second-order valence-electron chi connectivity index (χ2n) is 9.51. The lowest BCUT2D eigenvalue weighted by Gasteiger charge is -2.31. The predicted molar refractivity (Wildman–Crippen MR) is 123 cm³/mol. The number of carbonyl (C=O) groups is 2. The third-order valence-electron chi connectivity index (χ3n) is 5.63. The summed E-state index contributed by atoms with van der Waals surface area (Å²) < 4.78 is 1.86. The first-order chi connectivity index (χ1) is 14.5. The zero-order valence-electron chi connectivity index (χ0n) is 18.9. The molecule has 166 valence electrons. The Hall–Kier alpha value is -2.59. The van der Waals surface area contributed by atoms with Gasteiger partial charge in [-0.2, -0.15) is 0 Å². The first-order valence-electron chi connectivity index (χ1n) is 10.7. The number of carbonyl (C=O) groups excluding carboxylic acids is 1. The van der Waals surface area contributed by atoms with E-state index in [1.165, 1.54) is 0 Å². The van der Waals surface area contributed by atoms with Gasteiger partial charge in [0.1, 0.15) is 4.88 Å². The lowest BCUT2D eigenvalue weighted by molar-refractivity contribution is -0.123. The number of carboxylic acids is 1. The Morgan fingerprint density at radius 3 is 2.52 bits per heavy atom. The molecule has 0 radical (unpaired) electrons. The third-order valence-corrected chi connectivity index (χ3v) is 6.65. The molecule has 7 heteroatoms. The number of amides is 1. The van der Waals surface area contributed by atoms with Gasteiger partial charge in [-0.05, 0) is 58.4 Å². The van der Waals surface area contributed by atoms with E-state index in [1.54, 1.807) is 23.5 Å². The fourth-order valence-corrected chi connectivity index (χ4v) is 4.61. The summed E-state index contributed by atoms with van der Waals surface area (Å²) in [5.74, 6) is 5.75. The molecule has 1 fully saturated rings. The van der Waals surface area contributed by atoms with Crippen molar-refractivity contribution in [1.82, 2.24) is 9.55 Å². The van der Waals surface area contributed by atoms with Crippen molar-refractivity contribution in [3.05, 3.63) is 34.0 Å². The maximum absolute atomic E-state index is 13.6. The van der Waals surface area contributed by atoms with E-state index in [0.29, 0.717) is 16.5 Å². The van der Waals surface area contributed by atoms with Gasteiger partial charge in [0.25, 0.3) is 0 Å². The van der Waals surface area contributed by atoms with E-state index in [9.17, 15) is 14.7 Å². The molecule has 0 bridgehead atoms. The molecule has 2 aromatic heterocycles. The Kier molecular flexibility index (Phi) is 6.90. The van der Waals surface area contributed by atoms with Crippen LogP contribution in [0.15, 0.2) is 18.6 Å². The number of anilines is 1. The molecule has 1 aliphatic rings. The standard InChI is InChI=1S/C24H31N3O3S/c1-16-6-8-17(9-7-16)22(28)27(14-18-13-25-15-26(18)5)20-12-19(10-11-24(2,3)4)31-21(20)23(29)30/h12-13,15-17H,6-9,14H2,1-5H3,(H,29,30). The highest BCUT2D eigenvalue weighted by Gasteiger charge is 2.32. The van der Waals surface area contributed by atoms with Gasteiger partial charge in [-0.1, -0.05) is 18.8 Å². The summed E-state index contributed by atoms with van der Waals surface area (Å²) in [4.78, 5) is 32.3. The normalized spacial score (nSPS) is 18.9. The van der Waals surface area contributed by atoms with Crippen molar-refractivity contribution in [1.29, 1.82) is 0 Å². The van der Waals surface area contributed by atoms with Gasteiger partial charge < -0.3 is 14.6 Å². The lowest BCUT2D eigenvalue weighted by atomic mass is 9.82. The Morgan fingerprint density at radius 1 is 1.29 bits per heavy atom. The minimum Gasteiger partial charge on any atom is -0.477 e. The molecule has 0 saturated heterocycles. The number of aryl methyl sites for hydroxylation is 1. The molecule has 6 nitrogen and oxygen atoms in total. The van der Waals surface area contributed by atoms with E-state index in [2.05, 4.69) is 23.7 Å². The van der Waals surface area contributed by atoms with Crippen LogP contribution in [0.4, 0.5) is 5.69 Å². The van der Waals surface area contributed by atoms with E-state index in [0.717, 1.165) is 42.7 Å². The second kappa shape index (κ2) is 9.27. The van der Waals surface area contributed by atoms with Crippen LogP contribution in [0.3, 0.4) is 0 Å². The van der Waals surface area contributed by atoms with E-state index < -0.39 is 5.97 Å². The first-order valence-corrected chi connectivity index (χ1v) is 11.5. The second-order valence-corrected chi connectivity index (χ2v) is 10.6. The van der Waals surface area contributed by atoms with Crippen molar-refractivity contribution in [2.75, 3.05) is 4.90 Å². The number of carboxylic acid groups (broad SMARTS) is 1. The average Bonchev–Trinajstić information content (AvgIpc) is 3.30. The Labute approximate surface area is 188 Å². The molecule has 0 unspecified atom stereocenters. The van der Waals surface area contributed by atoms with Crippen LogP contribution in [-0.2, 0) is 18.4 Å². The lowest BCUT2D eigenvalue weighted by Crippen LogP contribution is -2.38.